The minimum atomic E-state index is 0.212. The molecule has 2 fully saturated rings. The number of nitrogens with zero attached hydrogens (tertiary/aromatic N) is 2. The Balaban J connectivity index is 1.73. The second kappa shape index (κ2) is 5.41. The molecule has 1 saturated carbocycles. The average Bonchev–Trinajstić information content (AvgIpc) is 2.63. The molecule has 0 amide bonds. The highest BCUT2D eigenvalue weighted by molar-refractivity contribution is 6.00. The minimum Gasteiger partial charge on any atom is -0.383 e. The van der Waals surface area contributed by atoms with Gasteiger partial charge in [-0.1, -0.05) is 30.3 Å². The second-order valence-corrected chi connectivity index (χ2v) is 6.22. The molecule has 2 unspecified atom stereocenters. The first-order chi connectivity index (χ1) is 9.63. The number of piperidine rings is 1. The molecule has 0 radical (unpaired) electrons. The van der Waals surface area contributed by atoms with Crippen molar-refractivity contribution in [1.82, 2.24) is 9.80 Å². The van der Waals surface area contributed by atoms with Crippen LogP contribution in [-0.2, 0) is 11.3 Å². The maximum atomic E-state index is 12.4. The van der Waals surface area contributed by atoms with Crippen LogP contribution in [0.4, 0.5) is 0 Å². The first-order valence-corrected chi connectivity index (χ1v) is 7.32. The van der Waals surface area contributed by atoms with E-state index in [1.165, 1.54) is 5.56 Å². The van der Waals surface area contributed by atoms with Crippen molar-refractivity contribution in [3.8, 4) is 0 Å². The zero-order chi connectivity index (χ0) is 14.1. The molecule has 0 aromatic heterocycles. The maximum Gasteiger partial charge on any atom is 0.165 e. The van der Waals surface area contributed by atoms with Gasteiger partial charge < -0.3 is 4.90 Å². The van der Waals surface area contributed by atoms with E-state index in [1.54, 1.807) is 0 Å². The lowest BCUT2D eigenvalue weighted by Gasteiger charge is -2.30. The molecular weight excluding hydrogens is 248 g/mol. The predicted octanol–water partition coefficient (Wildman–Crippen LogP) is 2.15. The number of rotatable bonds is 3. The third-order valence-corrected chi connectivity index (χ3v) is 4.27. The van der Waals surface area contributed by atoms with Crippen LogP contribution in [0.1, 0.15) is 12.0 Å². The monoisotopic (exact) mass is 270 g/mol. The number of carbonyl (C=O) groups is 1. The molecule has 0 spiro atoms. The lowest BCUT2D eigenvalue weighted by atomic mass is 9.97. The summed E-state index contributed by atoms with van der Waals surface area (Å²) in [7, 11) is 3.98. The van der Waals surface area contributed by atoms with Crippen LogP contribution in [0, 0.1) is 11.8 Å². The summed E-state index contributed by atoms with van der Waals surface area (Å²) in [6.45, 7) is 2.88. The topological polar surface area (TPSA) is 23.6 Å². The average molecular weight is 270 g/mol. The van der Waals surface area contributed by atoms with Crippen LogP contribution in [-0.4, -0.2) is 42.8 Å². The number of Topliss-reactive ketones (excluding diaryl/α,β-unsaturated/α-hetero) is 1. The van der Waals surface area contributed by atoms with Gasteiger partial charge in [0.25, 0.3) is 0 Å². The number of hydrogen-bond acceptors (Lipinski definition) is 3. The summed E-state index contributed by atoms with van der Waals surface area (Å²) in [6.07, 6.45) is 3.07. The molecule has 0 N–H and O–H groups in total. The Morgan fingerprint density at radius 3 is 2.60 bits per heavy atom. The summed E-state index contributed by atoms with van der Waals surface area (Å²) in [5, 5.41) is 0. The van der Waals surface area contributed by atoms with Gasteiger partial charge in [-0.3, -0.25) is 9.69 Å². The van der Waals surface area contributed by atoms with Gasteiger partial charge in [0.15, 0.2) is 5.78 Å². The molecule has 3 nitrogen and oxygen atoms in total. The van der Waals surface area contributed by atoms with Crippen LogP contribution in [0.2, 0.25) is 0 Å². The quantitative estimate of drug-likeness (QED) is 0.786. The first kappa shape index (κ1) is 13.4. The van der Waals surface area contributed by atoms with Crippen LogP contribution in [0.25, 0.3) is 0 Å². The fourth-order valence-electron chi connectivity index (χ4n) is 3.46. The van der Waals surface area contributed by atoms with E-state index in [2.05, 4.69) is 29.2 Å². The maximum absolute atomic E-state index is 12.4. The lowest BCUT2D eigenvalue weighted by molar-refractivity contribution is -0.118. The van der Waals surface area contributed by atoms with Gasteiger partial charge in [-0.15, -0.1) is 0 Å². The van der Waals surface area contributed by atoms with Gasteiger partial charge >= 0.3 is 0 Å². The van der Waals surface area contributed by atoms with Crippen molar-refractivity contribution in [1.29, 1.82) is 0 Å². The number of ketones is 1. The van der Waals surface area contributed by atoms with Crippen molar-refractivity contribution in [2.75, 3.05) is 27.2 Å². The fourth-order valence-corrected chi connectivity index (χ4v) is 3.46. The number of hydrogen-bond donors (Lipinski definition) is 0. The van der Waals surface area contributed by atoms with E-state index in [0.29, 0.717) is 11.7 Å². The number of fused-ring (bicyclic) bond motifs is 2. The molecule has 20 heavy (non-hydrogen) atoms. The van der Waals surface area contributed by atoms with E-state index in [0.717, 1.165) is 31.6 Å². The minimum absolute atomic E-state index is 0.212. The third-order valence-electron chi connectivity index (χ3n) is 4.27. The molecule has 2 aliphatic rings. The van der Waals surface area contributed by atoms with E-state index in [4.69, 9.17) is 0 Å². The molecule has 3 heteroatoms. The lowest BCUT2D eigenvalue weighted by Crippen LogP contribution is -2.36. The summed E-state index contributed by atoms with van der Waals surface area (Å²) in [5.74, 6) is 1.01. The summed E-state index contributed by atoms with van der Waals surface area (Å²) in [6, 6.07) is 10.5. The number of likely N-dealkylation sites (tertiary alicyclic amines) is 1. The van der Waals surface area contributed by atoms with Crippen molar-refractivity contribution in [3.63, 3.8) is 0 Å². The third kappa shape index (κ3) is 2.63. The predicted molar refractivity (Wildman–Crippen MR) is 80.1 cm³/mol. The molecule has 3 rings (SSSR count). The molecule has 1 aliphatic heterocycles. The Bertz CT molecular complexity index is 521. The van der Waals surface area contributed by atoms with Crippen LogP contribution in [0.15, 0.2) is 42.1 Å². The highest BCUT2D eigenvalue weighted by atomic mass is 16.1. The molecule has 1 aliphatic carbocycles. The molecule has 1 aromatic carbocycles. The normalized spacial score (nSPS) is 28.1. The smallest absolute Gasteiger partial charge is 0.165 e. The molecule has 2 bridgehead atoms. The summed E-state index contributed by atoms with van der Waals surface area (Å²) < 4.78 is 0. The van der Waals surface area contributed by atoms with Crippen LogP contribution >= 0.6 is 0 Å². The van der Waals surface area contributed by atoms with E-state index in [9.17, 15) is 4.79 Å². The Morgan fingerprint density at radius 1 is 1.20 bits per heavy atom. The van der Waals surface area contributed by atoms with Gasteiger partial charge in [-0.05, 0) is 12.0 Å². The molecule has 1 saturated heterocycles. The first-order valence-electron chi connectivity index (χ1n) is 7.32. The Labute approximate surface area is 120 Å². The molecule has 106 valence electrons. The summed E-state index contributed by atoms with van der Waals surface area (Å²) >= 11 is 0. The molecule has 1 heterocycles. The van der Waals surface area contributed by atoms with E-state index in [1.807, 2.05) is 31.3 Å². The van der Waals surface area contributed by atoms with Crippen molar-refractivity contribution in [2.45, 2.75) is 13.0 Å². The van der Waals surface area contributed by atoms with Crippen molar-refractivity contribution in [3.05, 3.63) is 47.7 Å². The van der Waals surface area contributed by atoms with Crippen LogP contribution in [0.3, 0.4) is 0 Å². The Hall–Kier alpha value is -1.61. The standard InChI is InChI=1S/C17H22N2O/c1-18(2)12-16-14-8-15(17(16)20)11-19(10-14)9-13-6-4-3-5-7-13/h3-7,12,14-15H,8-11H2,1-2H3/b16-12-. The highest BCUT2D eigenvalue weighted by Gasteiger charge is 2.42. The molecular formula is C17H22N2O. The molecule has 2 atom stereocenters. The Kier molecular flexibility index (Phi) is 3.62. The van der Waals surface area contributed by atoms with E-state index < -0.39 is 0 Å². The van der Waals surface area contributed by atoms with Crippen molar-refractivity contribution >= 4 is 5.78 Å². The SMILES string of the molecule is CN(C)/C=C1\C(=O)C2CC1CN(Cc1ccccc1)C2. The summed E-state index contributed by atoms with van der Waals surface area (Å²) in [5.41, 5.74) is 2.37. The van der Waals surface area contributed by atoms with Gasteiger partial charge in [0.1, 0.15) is 0 Å². The van der Waals surface area contributed by atoms with Gasteiger partial charge in [0.05, 0.1) is 0 Å². The van der Waals surface area contributed by atoms with Crippen molar-refractivity contribution < 1.29 is 4.79 Å². The van der Waals surface area contributed by atoms with E-state index >= 15 is 0 Å². The second-order valence-electron chi connectivity index (χ2n) is 6.22. The van der Waals surface area contributed by atoms with Crippen molar-refractivity contribution in [2.24, 2.45) is 11.8 Å². The number of carbonyl (C=O) groups excluding carboxylic acids is 1. The highest BCUT2D eigenvalue weighted by Crippen LogP contribution is 2.38. The molecule has 1 aromatic rings. The summed E-state index contributed by atoms with van der Waals surface area (Å²) in [4.78, 5) is 16.8. The zero-order valence-corrected chi connectivity index (χ0v) is 12.2. The van der Waals surface area contributed by atoms with Crippen LogP contribution in [0.5, 0.6) is 0 Å². The Morgan fingerprint density at radius 2 is 1.90 bits per heavy atom. The van der Waals surface area contributed by atoms with E-state index in [-0.39, 0.29) is 5.92 Å². The van der Waals surface area contributed by atoms with Gasteiger partial charge in [-0.25, -0.2) is 0 Å². The van der Waals surface area contributed by atoms with Gasteiger partial charge in [0.2, 0.25) is 0 Å². The largest absolute Gasteiger partial charge is 0.383 e. The fraction of sp³-hybridized carbons (Fsp3) is 0.471. The zero-order valence-electron chi connectivity index (χ0n) is 12.2. The number of benzene rings is 1. The van der Waals surface area contributed by atoms with Gasteiger partial charge in [-0.2, -0.15) is 0 Å². The van der Waals surface area contributed by atoms with Gasteiger partial charge in [0, 0.05) is 57.3 Å². The van der Waals surface area contributed by atoms with Crippen LogP contribution < -0.4 is 0 Å².